The molecule has 10 heteroatoms. The number of aliphatic imine (C=N–C) groups is 1. The van der Waals surface area contributed by atoms with E-state index >= 15 is 0 Å². The molecule has 1 aliphatic heterocycles. The first-order chi connectivity index (χ1) is 12.2. The number of nitrogens with one attached hydrogen (secondary N) is 3. The van der Waals surface area contributed by atoms with Gasteiger partial charge in [-0.2, -0.15) is 0 Å². The summed E-state index contributed by atoms with van der Waals surface area (Å²) in [4.78, 5) is 17.4. The Morgan fingerprint density at radius 3 is 2.67 bits per heavy atom. The van der Waals surface area contributed by atoms with E-state index in [4.69, 9.17) is 0 Å². The molecule has 2 heterocycles. The summed E-state index contributed by atoms with van der Waals surface area (Å²) in [6, 6.07) is 3.91. The Hall–Kier alpha value is -0.880. The first-order valence-corrected chi connectivity index (χ1v) is 11.4. The Bertz CT molecular complexity index is 733. The molecule has 2 rings (SSSR count). The maximum Gasteiger partial charge on any atom is 0.222 e. The van der Waals surface area contributed by atoms with E-state index in [9.17, 15) is 13.2 Å². The van der Waals surface area contributed by atoms with E-state index in [0.29, 0.717) is 18.9 Å². The molecule has 3 N–H and O–H groups in total. The highest BCUT2D eigenvalue weighted by Gasteiger charge is 2.28. The van der Waals surface area contributed by atoms with Crippen LogP contribution in [0.1, 0.15) is 31.6 Å². The molecule has 0 bridgehead atoms. The van der Waals surface area contributed by atoms with Crippen LogP contribution in [-0.4, -0.2) is 58.0 Å². The lowest BCUT2D eigenvalue weighted by Crippen LogP contribution is -2.44. The van der Waals surface area contributed by atoms with Crippen LogP contribution in [0, 0.1) is 0 Å². The number of hydrogen-bond donors (Lipinski definition) is 3. The van der Waals surface area contributed by atoms with Crippen LogP contribution in [0.25, 0.3) is 0 Å². The van der Waals surface area contributed by atoms with Crippen molar-refractivity contribution in [3.05, 3.63) is 22.4 Å². The Balaban J connectivity index is 0.00000364. The van der Waals surface area contributed by atoms with Crippen molar-refractivity contribution in [1.82, 2.24) is 16.0 Å². The molecule has 0 aliphatic carbocycles. The van der Waals surface area contributed by atoms with E-state index in [1.807, 2.05) is 6.07 Å². The normalized spacial score (nSPS) is 19.2. The molecule has 1 fully saturated rings. The first kappa shape index (κ1) is 24.2. The first-order valence-electron chi connectivity index (χ1n) is 8.70. The molecular weight excluding hydrogens is 499 g/mol. The van der Waals surface area contributed by atoms with Gasteiger partial charge in [0.15, 0.2) is 15.8 Å². The Morgan fingerprint density at radius 2 is 2.11 bits per heavy atom. The van der Waals surface area contributed by atoms with Gasteiger partial charge in [-0.1, -0.05) is 19.9 Å². The molecule has 154 valence electrons. The fraction of sp³-hybridized carbons (Fsp3) is 0.647. The summed E-state index contributed by atoms with van der Waals surface area (Å²) in [6.07, 6.45) is 0.772. The second-order valence-electron chi connectivity index (χ2n) is 7.13. The van der Waals surface area contributed by atoms with Crippen molar-refractivity contribution in [3.8, 4) is 0 Å². The van der Waals surface area contributed by atoms with Gasteiger partial charge in [-0.15, -0.1) is 35.3 Å². The number of sulfone groups is 1. The number of rotatable bonds is 7. The van der Waals surface area contributed by atoms with Crippen molar-refractivity contribution in [2.45, 2.75) is 38.1 Å². The van der Waals surface area contributed by atoms with Gasteiger partial charge in [0.2, 0.25) is 5.91 Å². The predicted molar refractivity (Wildman–Crippen MR) is 122 cm³/mol. The molecule has 1 saturated heterocycles. The molecule has 1 aliphatic rings. The van der Waals surface area contributed by atoms with Crippen LogP contribution in [0.3, 0.4) is 0 Å². The van der Waals surface area contributed by atoms with E-state index in [1.54, 1.807) is 18.4 Å². The molecule has 27 heavy (non-hydrogen) atoms. The van der Waals surface area contributed by atoms with Gasteiger partial charge in [0.1, 0.15) is 0 Å². The van der Waals surface area contributed by atoms with Crippen molar-refractivity contribution in [2.24, 2.45) is 4.99 Å². The lowest BCUT2D eigenvalue weighted by Gasteiger charge is -2.25. The van der Waals surface area contributed by atoms with Crippen LogP contribution in [0.5, 0.6) is 0 Å². The topological polar surface area (TPSA) is 99.7 Å². The second kappa shape index (κ2) is 10.6. The predicted octanol–water partition coefficient (Wildman–Crippen LogP) is 1.50. The number of halogens is 1. The molecule has 7 nitrogen and oxygen atoms in total. The highest BCUT2D eigenvalue weighted by Crippen LogP contribution is 2.26. The largest absolute Gasteiger partial charge is 0.356 e. The van der Waals surface area contributed by atoms with Crippen LogP contribution in [0.4, 0.5) is 0 Å². The minimum atomic E-state index is -2.98. The van der Waals surface area contributed by atoms with E-state index < -0.39 is 9.84 Å². The molecule has 0 aromatic carbocycles. The van der Waals surface area contributed by atoms with Crippen molar-refractivity contribution in [2.75, 3.05) is 31.6 Å². The molecule has 1 amide bonds. The number of hydrogen-bond acceptors (Lipinski definition) is 5. The van der Waals surface area contributed by atoms with Gasteiger partial charge in [0.25, 0.3) is 0 Å². The average Bonchev–Trinajstić information content (AvgIpc) is 3.21. The summed E-state index contributed by atoms with van der Waals surface area (Å²) in [5.41, 5.74) is -0.0167. The van der Waals surface area contributed by atoms with E-state index in [-0.39, 0.29) is 59.3 Å². The number of carbonyl (C=O) groups is 1. The standard InChI is InChI=1S/C17H28N4O3S2.HI/c1-17(2,14-5-4-9-25-14)12-20-16(18-3)19-8-6-15(22)21-13-7-10-26(23,24)11-13;/h4-5,9,13H,6-8,10-12H2,1-3H3,(H,21,22)(H2,18,19,20);1H. The molecule has 0 spiro atoms. The highest BCUT2D eigenvalue weighted by molar-refractivity contribution is 14.0. The molecule has 0 saturated carbocycles. The molecular formula is C17H29IN4O3S2. The number of nitrogens with zero attached hydrogens (tertiary/aromatic N) is 1. The number of guanidine groups is 1. The maximum absolute atomic E-state index is 11.9. The minimum Gasteiger partial charge on any atom is -0.356 e. The smallest absolute Gasteiger partial charge is 0.222 e. The highest BCUT2D eigenvalue weighted by atomic mass is 127. The zero-order valence-corrected chi connectivity index (χ0v) is 19.9. The minimum absolute atomic E-state index is 0. The van der Waals surface area contributed by atoms with Crippen molar-refractivity contribution in [1.29, 1.82) is 0 Å². The summed E-state index contributed by atoms with van der Waals surface area (Å²) < 4.78 is 22.8. The van der Waals surface area contributed by atoms with Gasteiger partial charge in [-0.25, -0.2) is 8.42 Å². The van der Waals surface area contributed by atoms with Crippen LogP contribution >= 0.6 is 35.3 Å². The van der Waals surface area contributed by atoms with Crippen molar-refractivity contribution < 1.29 is 13.2 Å². The SMILES string of the molecule is CN=C(NCCC(=O)NC1CCS(=O)(=O)C1)NCC(C)(C)c1cccs1.I. The van der Waals surface area contributed by atoms with E-state index in [2.05, 4.69) is 46.2 Å². The monoisotopic (exact) mass is 528 g/mol. The maximum atomic E-state index is 11.9. The van der Waals surface area contributed by atoms with Crippen molar-refractivity contribution >= 4 is 57.0 Å². The number of amides is 1. The van der Waals surface area contributed by atoms with Crippen LogP contribution < -0.4 is 16.0 Å². The quantitative estimate of drug-likeness (QED) is 0.283. The third kappa shape index (κ3) is 7.94. The van der Waals surface area contributed by atoms with Gasteiger partial charge >= 0.3 is 0 Å². The average molecular weight is 528 g/mol. The van der Waals surface area contributed by atoms with Gasteiger partial charge in [-0.05, 0) is 17.9 Å². The van der Waals surface area contributed by atoms with Gasteiger partial charge in [-0.3, -0.25) is 9.79 Å². The Morgan fingerprint density at radius 1 is 1.37 bits per heavy atom. The zero-order valence-electron chi connectivity index (χ0n) is 15.9. The molecule has 1 atom stereocenters. The fourth-order valence-electron chi connectivity index (χ4n) is 2.78. The fourth-order valence-corrected chi connectivity index (χ4v) is 5.30. The third-order valence-corrected chi connectivity index (χ3v) is 7.36. The number of carbonyl (C=O) groups excluding carboxylic acids is 1. The molecule has 1 aromatic rings. The molecule has 1 unspecified atom stereocenters. The van der Waals surface area contributed by atoms with E-state index in [0.717, 1.165) is 6.54 Å². The molecule has 1 aromatic heterocycles. The summed E-state index contributed by atoms with van der Waals surface area (Å²) >= 11 is 1.73. The van der Waals surface area contributed by atoms with Crippen LogP contribution in [0.15, 0.2) is 22.5 Å². The van der Waals surface area contributed by atoms with Crippen LogP contribution in [-0.2, 0) is 20.0 Å². The summed E-state index contributed by atoms with van der Waals surface area (Å²) in [6.45, 7) is 5.49. The lowest BCUT2D eigenvalue weighted by molar-refractivity contribution is -0.121. The Labute approximate surface area is 182 Å². The Kier molecular flexibility index (Phi) is 9.49. The molecule has 0 radical (unpaired) electrons. The third-order valence-electron chi connectivity index (χ3n) is 4.35. The summed E-state index contributed by atoms with van der Waals surface area (Å²) in [7, 11) is -1.29. The summed E-state index contributed by atoms with van der Waals surface area (Å²) in [5, 5.41) is 11.3. The zero-order chi connectivity index (χ0) is 19.2. The van der Waals surface area contributed by atoms with E-state index in [1.165, 1.54) is 4.88 Å². The van der Waals surface area contributed by atoms with Gasteiger partial charge in [0.05, 0.1) is 11.5 Å². The van der Waals surface area contributed by atoms with Gasteiger partial charge < -0.3 is 16.0 Å². The second-order valence-corrected chi connectivity index (χ2v) is 10.3. The van der Waals surface area contributed by atoms with Gasteiger partial charge in [0, 0.05) is 42.9 Å². The van der Waals surface area contributed by atoms with Crippen molar-refractivity contribution in [3.63, 3.8) is 0 Å². The summed E-state index contributed by atoms with van der Waals surface area (Å²) in [5.74, 6) is 0.708. The lowest BCUT2D eigenvalue weighted by atomic mass is 9.91. The number of thiophene rings is 1. The van der Waals surface area contributed by atoms with Crippen LogP contribution in [0.2, 0.25) is 0 Å².